The van der Waals surface area contributed by atoms with Gasteiger partial charge in [0.05, 0.1) is 11.8 Å². The lowest BCUT2D eigenvalue weighted by atomic mass is 10.1. The third kappa shape index (κ3) is 9.25. The summed E-state index contributed by atoms with van der Waals surface area (Å²) >= 11 is 0. The standard InChI is InChI=1S/C27H33N3O7S/c1-19(17-36-24-12-13-25(27(28)33)26(32)14-24)30(15-20-6-4-3-5-7-20)16-22(31)18-37-23-10-8-21(9-11-23)29-38(2,34)35/h3-14,19,22,29,31-32H,15-18H2,1-2H3,(H2,28,33). The van der Waals surface area contributed by atoms with Gasteiger partial charge < -0.3 is 25.4 Å². The molecule has 3 rings (SSSR count). The van der Waals surface area contributed by atoms with E-state index >= 15 is 0 Å². The Bertz CT molecular complexity index is 1300. The summed E-state index contributed by atoms with van der Waals surface area (Å²) in [5, 5.41) is 20.7. The van der Waals surface area contributed by atoms with Crippen LogP contribution in [-0.4, -0.2) is 67.6 Å². The number of aromatic hydroxyl groups is 1. The third-order valence-electron chi connectivity index (χ3n) is 5.62. The molecule has 0 radical (unpaired) electrons. The predicted molar refractivity (Wildman–Crippen MR) is 145 cm³/mol. The number of nitrogens with two attached hydrogens (primary N) is 1. The Morgan fingerprint density at radius 1 is 1.00 bits per heavy atom. The van der Waals surface area contributed by atoms with E-state index < -0.39 is 22.0 Å². The van der Waals surface area contributed by atoms with Gasteiger partial charge in [-0.05, 0) is 48.9 Å². The number of sulfonamides is 1. The lowest BCUT2D eigenvalue weighted by Crippen LogP contribution is -2.43. The molecule has 0 heterocycles. The van der Waals surface area contributed by atoms with Crippen molar-refractivity contribution in [3.05, 3.63) is 83.9 Å². The number of amides is 1. The van der Waals surface area contributed by atoms with Gasteiger partial charge >= 0.3 is 0 Å². The molecule has 0 fully saturated rings. The van der Waals surface area contributed by atoms with Crippen LogP contribution in [0.5, 0.6) is 17.2 Å². The van der Waals surface area contributed by atoms with E-state index in [1.54, 1.807) is 30.3 Å². The van der Waals surface area contributed by atoms with Crippen molar-refractivity contribution in [1.29, 1.82) is 0 Å². The van der Waals surface area contributed by atoms with Crippen LogP contribution in [-0.2, 0) is 16.6 Å². The van der Waals surface area contributed by atoms with Crippen LogP contribution in [0.1, 0.15) is 22.8 Å². The zero-order valence-corrected chi connectivity index (χ0v) is 22.1. The molecule has 10 nitrogen and oxygen atoms in total. The Labute approximate surface area is 222 Å². The highest BCUT2D eigenvalue weighted by molar-refractivity contribution is 7.92. The summed E-state index contributed by atoms with van der Waals surface area (Å²) in [6.45, 7) is 3.09. The largest absolute Gasteiger partial charge is 0.507 e. The minimum absolute atomic E-state index is 0.0144. The van der Waals surface area contributed by atoms with Gasteiger partial charge in [0, 0.05) is 30.9 Å². The third-order valence-corrected chi connectivity index (χ3v) is 6.23. The van der Waals surface area contributed by atoms with Crippen LogP contribution in [0.3, 0.4) is 0 Å². The molecule has 0 spiro atoms. The van der Waals surface area contributed by atoms with E-state index in [1.165, 1.54) is 12.1 Å². The summed E-state index contributed by atoms with van der Waals surface area (Å²) in [5.41, 5.74) is 6.72. The number of anilines is 1. The van der Waals surface area contributed by atoms with Gasteiger partial charge in [0.15, 0.2) is 0 Å². The van der Waals surface area contributed by atoms with Crippen molar-refractivity contribution < 1.29 is 32.9 Å². The molecule has 5 N–H and O–H groups in total. The van der Waals surface area contributed by atoms with E-state index in [2.05, 4.69) is 9.62 Å². The quantitative estimate of drug-likeness (QED) is 0.242. The molecule has 0 saturated carbocycles. The van der Waals surface area contributed by atoms with Gasteiger partial charge in [0.2, 0.25) is 10.0 Å². The lowest BCUT2D eigenvalue weighted by Gasteiger charge is -2.31. The smallest absolute Gasteiger partial charge is 0.252 e. The molecule has 3 aromatic carbocycles. The molecule has 0 aromatic heterocycles. The Kier molecular flexibility index (Phi) is 9.94. The van der Waals surface area contributed by atoms with Crippen LogP contribution in [0.4, 0.5) is 5.69 Å². The van der Waals surface area contributed by atoms with Gasteiger partial charge in [-0.2, -0.15) is 0 Å². The highest BCUT2D eigenvalue weighted by atomic mass is 32.2. The summed E-state index contributed by atoms with van der Waals surface area (Å²) in [6.07, 6.45) is 0.249. The fourth-order valence-corrected chi connectivity index (χ4v) is 4.26. The van der Waals surface area contributed by atoms with Gasteiger partial charge in [0.1, 0.15) is 36.6 Å². The number of benzene rings is 3. The van der Waals surface area contributed by atoms with Gasteiger partial charge in [-0.15, -0.1) is 0 Å². The van der Waals surface area contributed by atoms with E-state index in [0.29, 0.717) is 30.3 Å². The first kappa shape index (κ1) is 28.8. The fourth-order valence-electron chi connectivity index (χ4n) is 3.70. The molecule has 1 amide bonds. The molecular weight excluding hydrogens is 510 g/mol. The first-order valence-electron chi connectivity index (χ1n) is 11.9. The second-order valence-electron chi connectivity index (χ2n) is 8.98. The van der Waals surface area contributed by atoms with E-state index in [1.807, 2.05) is 37.3 Å². The van der Waals surface area contributed by atoms with Gasteiger partial charge in [-0.25, -0.2) is 8.42 Å². The number of nitrogens with one attached hydrogen (secondary N) is 1. The maximum atomic E-state index is 11.4. The molecule has 11 heteroatoms. The number of primary amides is 1. The lowest BCUT2D eigenvalue weighted by molar-refractivity contribution is 0.0410. The normalized spacial score (nSPS) is 13.1. The average Bonchev–Trinajstić information content (AvgIpc) is 2.86. The minimum Gasteiger partial charge on any atom is -0.507 e. The number of aliphatic hydroxyl groups excluding tert-OH is 1. The number of rotatable bonds is 14. The van der Waals surface area contributed by atoms with Crippen molar-refractivity contribution in [3.63, 3.8) is 0 Å². The van der Waals surface area contributed by atoms with Crippen molar-refractivity contribution >= 4 is 21.6 Å². The van der Waals surface area contributed by atoms with Crippen LogP contribution in [0, 0.1) is 0 Å². The molecule has 0 bridgehead atoms. The fraction of sp³-hybridized carbons (Fsp3) is 0.296. The second kappa shape index (κ2) is 13.1. The van der Waals surface area contributed by atoms with Crippen LogP contribution in [0.15, 0.2) is 72.8 Å². The van der Waals surface area contributed by atoms with Crippen molar-refractivity contribution in [3.8, 4) is 17.2 Å². The molecule has 38 heavy (non-hydrogen) atoms. The molecule has 2 atom stereocenters. The van der Waals surface area contributed by atoms with Gasteiger partial charge in [-0.1, -0.05) is 30.3 Å². The van der Waals surface area contributed by atoms with E-state index in [4.69, 9.17) is 15.2 Å². The maximum Gasteiger partial charge on any atom is 0.252 e. The number of hydrogen-bond acceptors (Lipinski definition) is 8. The number of phenols is 1. The SMILES string of the molecule is CC(COc1ccc(C(N)=O)c(O)c1)N(Cc1ccccc1)CC(O)COc1ccc(NS(C)(=O)=O)cc1. The first-order valence-corrected chi connectivity index (χ1v) is 13.8. The zero-order valence-electron chi connectivity index (χ0n) is 21.3. The first-order chi connectivity index (χ1) is 18.0. The molecule has 3 aromatic rings. The maximum absolute atomic E-state index is 11.4. The zero-order chi connectivity index (χ0) is 27.7. The van der Waals surface area contributed by atoms with Crippen molar-refractivity contribution in [2.75, 3.05) is 30.7 Å². The van der Waals surface area contributed by atoms with Crippen molar-refractivity contribution in [1.82, 2.24) is 4.90 Å². The topological polar surface area (TPSA) is 151 Å². The molecule has 204 valence electrons. The Morgan fingerprint density at radius 3 is 2.24 bits per heavy atom. The van der Waals surface area contributed by atoms with Crippen LogP contribution in [0.2, 0.25) is 0 Å². The second-order valence-corrected chi connectivity index (χ2v) is 10.7. The van der Waals surface area contributed by atoms with Crippen LogP contribution in [0.25, 0.3) is 0 Å². The number of aliphatic hydroxyl groups is 1. The molecule has 0 aliphatic rings. The van der Waals surface area contributed by atoms with Gasteiger partial charge in [-0.3, -0.25) is 14.4 Å². The molecule has 0 aliphatic carbocycles. The Hall–Kier alpha value is -3.80. The summed E-state index contributed by atoms with van der Waals surface area (Å²) in [6, 6.07) is 20.4. The molecular formula is C27H33N3O7S. The number of ether oxygens (including phenoxy) is 2. The monoisotopic (exact) mass is 543 g/mol. The molecule has 2 unspecified atom stereocenters. The van der Waals surface area contributed by atoms with E-state index in [0.717, 1.165) is 11.8 Å². The summed E-state index contributed by atoms with van der Waals surface area (Å²) in [5.74, 6) is -0.101. The number of carbonyl (C=O) groups is 1. The van der Waals surface area contributed by atoms with E-state index in [9.17, 15) is 23.4 Å². The highest BCUT2D eigenvalue weighted by Crippen LogP contribution is 2.24. The Morgan fingerprint density at radius 2 is 1.63 bits per heavy atom. The molecule has 0 aliphatic heterocycles. The van der Waals surface area contributed by atoms with Crippen LogP contribution < -0.4 is 19.9 Å². The van der Waals surface area contributed by atoms with Crippen molar-refractivity contribution in [2.24, 2.45) is 5.73 Å². The average molecular weight is 544 g/mol. The molecule has 0 saturated heterocycles. The Balaban J connectivity index is 1.60. The number of carbonyl (C=O) groups excluding carboxylic acids is 1. The van der Waals surface area contributed by atoms with E-state index in [-0.39, 0.29) is 30.6 Å². The number of hydrogen-bond donors (Lipinski definition) is 4. The summed E-state index contributed by atoms with van der Waals surface area (Å²) in [4.78, 5) is 13.4. The summed E-state index contributed by atoms with van der Waals surface area (Å²) < 4.78 is 36.6. The predicted octanol–water partition coefficient (Wildman–Crippen LogP) is 2.57. The van der Waals surface area contributed by atoms with Crippen LogP contribution >= 0.6 is 0 Å². The highest BCUT2D eigenvalue weighted by Gasteiger charge is 2.20. The van der Waals surface area contributed by atoms with Gasteiger partial charge in [0.25, 0.3) is 5.91 Å². The number of nitrogens with zero attached hydrogens (tertiary/aromatic N) is 1. The summed E-state index contributed by atoms with van der Waals surface area (Å²) in [7, 11) is -3.37. The minimum atomic E-state index is -3.37. The van der Waals surface area contributed by atoms with Crippen molar-refractivity contribution in [2.45, 2.75) is 25.6 Å².